The Kier molecular flexibility index (Phi) is 5.94. The number of hydrogen-bond donors (Lipinski definition) is 0. The smallest absolute Gasteiger partial charge is 0.233 e. The molecule has 0 aliphatic rings. The van der Waals surface area contributed by atoms with Crippen LogP contribution in [0.25, 0.3) is 11.3 Å². The van der Waals surface area contributed by atoms with Gasteiger partial charge in [-0.3, -0.25) is 4.79 Å². The summed E-state index contributed by atoms with van der Waals surface area (Å²) >= 11 is 10.5. The zero-order chi connectivity index (χ0) is 16.9. The van der Waals surface area contributed by atoms with Gasteiger partial charge < -0.3 is 4.90 Å². The van der Waals surface area contributed by atoms with Crippen LogP contribution in [0.3, 0.4) is 0 Å². The fraction of sp³-hybridized carbons (Fsp3) is 0.176. The van der Waals surface area contributed by atoms with Crippen LogP contribution in [0.2, 0.25) is 4.34 Å². The summed E-state index contributed by atoms with van der Waals surface area (Å²) < 4.78 is 1.66. The molecule has 0 aliphatic heterocycles. The molecule has 0 spiro atoms. The second-order valence-corrected chi connectivity index (χ2v) is 8.99. The summed E-state index contributed by atoms with van der Waals surface area (Å²) in [6.07, 6.45) is 0. The van der Waals surface area contributed by atoms with Crippen molar-refractivity contribution < 1.29 is 4.79 Å². The Labute approximate surface area is 158 Å². The normalized spacial score (nSPS) is 10.8. The number of benzene rings is 1. The summed E-state index contributed by atoms with van der Waals surface area (Å²) in [5.41, 5.74) is 2.05. The number of aromatic nitrogens is 1. The van der Waals surface area contributed by atoms with Gasteiger partial charge in [0.15, 0.2) is 4.34 Å². The molecule has 2 aromatic heterocycles. The third kappa shape index (κ3) is 4.60. The van der Waals surface area contributed by atoms with E-state index < -0.39 is 0 Å². The lowest BCUT2D eigenvalue weighted by Crippen LogP contribution is -2.27. The summed E-state index contributed by atoms with van der Waals surface area (Å²) in [6.45, 7) is 0.587. The number of carbonyl (C=O) groups excluding carboxylic acids is 1. The average Bonchev–Trinajstić information content (AvgIpc) is 3.22. The molecule has 3 rings (SSSR count). The van der Waals surface area contributed by atoms with Crippen LogP contribution in [-0.4, -0.2) is 28.6 Å². The van der Waals surface area contributed by atoms with E-state index in [2.05, 4.69) is 4.98 Å². The molecule has 3 aromatic rings. The van der Waals surface area contributed by atoms with E-state index in [0.717, 1.165) is 24.8 Å². The highest BCUT2D eigenvalue weighted by Gasteiger charge is 2.13. The fourth-order valence-corrected chi connectivity index (χ4v) is 4.97. The van der Waals surface area contributed by atoms with Crippen LogP contribution in [0, 0.1) is 0 Å². The standard InChI is InChI=1S/C17H15ClN2OS3/c1-20(9-13-7-8-15(18)24-13)16(21)11-23-17-19-14(10-22-17)12-5-3-2-4-6-12/h2-8,10H,9,11H2,1H3. The number of thioether (sulfide) groups is 1. The number of thiazole rings is 1. The van der Waals surface area contributed by atoms with Gasteiger partial charge in [0, 0.05) is 22.9 Å². The van der Waals surface area contributed by atoms with Crippen molar-refractivity contribution in [2.45, 2.75) is 10.9 Å². The molecule has 7 heteroatoms. The van der Waals surface area contributed by atoms with E-state index >= 15 is 0 Å². The van der Waals surface area contributed by atoms with Gasteiger partial charge in [-0.15, -0.1) is 22.7 Å². The minimum Gasteiger partial charge on any atom is -0.340 e. The van der Waals surface area contributed by atoms with E-state index in [9.17, 15) is 4.79 Å². The molecule has 1 amide bonds. The molecule has 124 valence electrons. The first-order chi connectivity index (χ1) is 11.6. The molecule has 0 bridgehead atoms. The van der Waals surface area contributed by atoms with Crippen LogP contribution in [-0.2, 0) is 11.3 Å². The number of amides is 1. The summed E-state index contributed by atoms with van der Waals surface area (Å²) in [5.74, 6) is 0.471. The molecule has 0 atom stereocenters. The van der Waals surface area contributed by atoms with Crippen molar-refractivity contribution in [1.82, 2.24) is 9.88 Å². The number of carbonyl (C=O) groups is 1. The summed E-state index contributed by atoms with van der Waals surface area (Å²) in [6, 6.07) is 13.9. The third-order valence-electron chi connectivity index (χ3n) is 3.32. The van der Waals surface area contributed by atoms with Crippen LogP contribution in [0.5, 0.6) is 0 Å². The molecule has 0 aliphatic carbocycles. The number of thiophene rings is 1. The van der Waals surface area contributed by atoms with E-state index in [-0.39, 0.29) is 5.91 Å². The lowest BCUT2D eigenvalue weighted by molar-refractivity contribution is -0.127. The maximum absolute atomic E-state index is 12.3. The first-order valence-electron chi connectivity index (χ1n) is 7.24. The van der Waals surface area contributed by atoms with Crippen molar-refractivity contribution in [3.63, 3.8) is 0 Å². The van der Waals surface area contributed by atoms with Gasteiger partial charge in [0.2, 0.25) is 5.91 Å². The van der Waals surface area contributed by atoms with Gasteiger partial charge in [-0.2, -0.15) is 0 Å². The molecule has 24 heavy (non-hydrogen) atoms. The van der Waals surface area contributed by atoms with Crippen molar-refractivity contribution in [3.05, 3.63) is 57.1 Å². The minimum atomic E-state index is 0.0842. The highest BCUT2D eigenvalue weighted by Crippen LogP contribution is 2.28. The number of rotatable bonds is 6. The van der Waals surface area contributed by atoms with E-state index in [1.165, 1.54) is 23.1 Å². The van der Waals surface area contributed by atoms with Crippen LogP contribution in [0.1, 0.15) is 4.88 Å². The molecule has 0 radical (unpaired) electrons. The van der Waals surface area contributed by atoms with Gasteiger partial charge in [-0.1, -0.05) is 53.7 Å². The molecule has 2 heterocycles. The van der Waals surface area contributed by atoms with Gasteiger partial charge >= 0.3 is 0 Å². The molecular formula is C17H15ClN2OS3. The quantitative estimate of drug-likeness (QED) is 0.533. The average molecular weight is 395 g/mol. The molecule has 3 nitrogen and oxygen atoms in total. The lowest BCUT2D eigenvalue weighted by atomic mass is 10.2. The van der Waals surface area contributed by atoms with Crippen molar-refractivity contribution >= 4 is 51.9 Å². The molecular weight excluding hydrogens is 380 g/mol. The van der Waals surface area contributed by atoms with Crippen molar-refractivity contribution in [2.75, 3.05) is 12.8 Å². The molecule has 0 saturated carbocycles. The Morgan fingerprint density at radius 2 is 2.04 bits per heavy atom. The lowest BCUT2D eigenvalue weighted by Gasteiger charge is -2.15. The highest BCUT2D eigenvalue weighted by molar-refractivity contribution is 8.01. The van der Waals surface area contributed by atoms with Crippen LogP contribution >= 0.6 is 46.0 Å². The van der Waals surface area contributed by atoms with Crippen molar-refractivity contribution in [3.8, 4) is 11.3 Å². The van der Waals surface area contributed by atoms with Gasteiger partial charge in [0.05, 0.1) is 22.3 Å². The van der Waals surface area contributed by atoms with Crippen molar-refractivity contribution in [2.24, 2.45) is 0 Å². The first-order valence-corrected chi connectivity index (χ1v) is 10.3. The minimum absolute atomic E-state index is 0.0842. The largest absolute Gasteiger partial charge is 0.340 e. The Hall–Kier alpha value is -1.34. The van der Waals surface area contributed by atoms with E-state index in [1.807, 2.05) is 54.9 Å². The molecule has 0 N–H and O–H groups in total. The Morgan fingerprint density at radius 3 is 2.75 bits per heavy atom. The van der Waals surface area contributed by atoms with Crippen LogP contribution in [0.15, 0.2) is 52.2 Å². The van der Waals surface area contributed by atoms with E-state index in [1.54, 1.807) is 16.2 Å². The number of hydrogen-bond acceptors (Lipinski definition) is 5. The second-order valence-electron chi connectivity index (χ2n) is 5.11. The van der Waals surface area contributed by atoms with Crippen LogP contribution < -0.4 is 0 Å². The topological polar surface area (TPSA) is 33.2 Å². The Balaban J connectivity index is 1.53. The second kappa shape index (κ2) is 8.16. The molecule has 0 saturated heterocycles. The van der Waals surface area contributed by atoms with Crippen molar-refractivity contribution in [1.29, 1.82) is 0 Å². The number of nitrogens with zero attached hydrogens (tertiary/aromatic N) is 2. The Bertz CT molecular complexity index is 816. The molecule has 0 unspecified atom stereocenters. The zero-order valence-electron chi connectivity index (χ0n) is 12.9. The predicted octanol–water partition coefficient (Wildman–Crippen LogP) is 5.28. The first kappa shape index (κ1) is 17.5. The van der Waals surface area contributed by atoms with Gasteiger partial charge in [0.25, 0.3) is 0 Å². The maximum Gasteiger partial charge on any atom is 0.233 e. The maximum atomic E-state index is 12.3. The van der Waals surface area contributed by atoms with Gasteiger partial charge in [0.1, 0.15) is 0 Å². The highest BCUT2D eigenvalue weighted by atomic mass is 35.5. The van der Waals surface area contributed by atoms with Crippen LogP contribution in [0.4, 0.5) is 0 Å². The molecule has 0 fully saturated rings. The fourth-order valence-electron chi connectivity index (χ4n) is 2.06. The van der Waals surface area contributed by atoms with Gasteiger partial charge in [-0.25, -0.2) is 4.98 Å². The summed E-state index contributed by atoms with van der Waals surface area (Å²) in [7, 11) is 1.81. The monoisotopic (exact) mass is 394 g/mol. The zero-order valence-corrected chi connectivity index (χ0v) is 16.1. The summed E-state index contributed by atoms with van der Waals surface area (Å²) in [5, 5.41) is 2.03. The molecule has 1 aromatic carbocycles. The third-order valence-corrected chi connectivity index (χ3v) is 6.54. The number of halogens is 1. The summed E-state index contributed by atoms with van der Waals surface area (Å²) in [4.78, 5) is 19.7. The Morgan fingerprint density at radius 1 is 1.25 bits per heavy atom. The SMILES string of the molecule is CN(Cc1ccc(Cl)s1)C(=O)CSc1nc(-c2ccccc2)cs1. The predicted molar refractivity (Wildman–Crippen MR) is 104 cm³/mol. The van der Waals surface area contributed by atoms with E-state index in [0.29, 0.717) is 12.3 Å². The van der Waals surface area contributed by atoms with E-state index in [4.69, 9.17) is 11.6 Å². The van der Waals surface area contributed by atoms with Gasteiger partial charge in [-0.05, 0) is 12.1 Å².